The zero-order valence-electron chi connectivity index (χ0n) is 15.8. The van der Waals surface area contributed by atoms with Crippen molar-refractivity contribution < 1.29 is 4.39 Å². The Balaban J connectivity index is 1.57. The van der Waals surface area contributed by atoms with E-state index in [4.69, 9.17) is 0 Å². The number of rotatable bonds is 5. The van der Waals surface area contributed by atoms with E-state index in [1.165, 1.54) is 6.07 Å². The molecule has 5 heteroatoms. The highest BCUT2D eigenvalue weighted by atomic mass is 19.1. The first kappa shape index (κ1) is 18.2. The molecule has 1 aliphatic heterocycles. The number of guanidine groups is 1. The molecule has 2 aliphatic rings. The van der Waals surface area contributed by atoms with Crippen molar-refractivity contribution in [2.75, 3.05) is 26.7 Å². The van der Waals surface area contributed by atoms with Crippen molar-refractivity contribution >= 4 is 5.96 Å². The number of nitrogens with one attached hydrogen (secondary N) is 2. The number of halogens is 1. The van der Waals surface area contributed by atoms with Gasteiger partial charge in [-0.25, -0.2) is 4.39 Å². The molecule has 1 saturated heterocycles. The van der Waals surface area contributed by atoms with Gasteiger partial charge in [0.15, 0.2) is 5.96 Å². The van der Waals surface area contributed by atoms with Gasteiger partial charge in [-0.15, -0.1) is 0 Å². The number of hydrogen-bond acceptors (Lipinski definition) is 2. The first-order valence-electron chi connectivity index (χ1n) is 9.41. The zero-order chi connectivity index (χ0) is 18.0. The highest BCUT2D eigenvalue weighted by Gasteiger charge is 2.44. The Morgan fingerprint density at radius 1 is 1.36 bits per heavy atom. The number of aliphatic imine (C=N–C) groups is 1. The van der Waals surface area contributed by atoms with E-state index in [1.54, 1.807) is 12.1 Å². The lowest BCUT2D eigenvalue weighted by Gasteiger charge is -2.23. The molecule has 138 valence electrons. The van der Waals surface area contributed by atoms with Crippen LogP contribution in [0.5, 0.6) is 0 Å². The van der Waals surface area contributed by atoms with E-state index in [0.717, 1.165) is 44.0 Å². The summed E-state index contributed by atoms with van der Waals surface area (Å²) < 4.78 is 13.5. The van der Waals surface area contributed by atoms with Gasteiger partial charge < -0.3 is 10.6 Å². The zero-order valence-corrected chi connectivity index (χ0v) is 15.8. The Kier molecular flexibility index (Phi) is 5.32. The normalized spacial score (nSPS) is 26.1. The van der Waals surface area contributed by atoms with Gasteiger partial charge in [0.2, 0.25) is 0 Å². The van der Waals surface area contributed by atoms with Crippen molar-refractivity contribution in [1.82, 2.24) is 15.5 Å². The van der Waals surface area contributed by atoms with Gasteiger partial charge in [0.25, 0.3) is 0 Å². The molecule has 0 radical (unpaired) electrons. The molecule has 1 saturated carbocycles. The van der Waals surface area contributed by atoms with Crippen LogP contribution in [-0.2, 0) is 5.41 Å². The Morgan fingerprint density at radius 3 is 2.68 bits per heavy atom. The molecule has 2 unspecified atom stereocenters. The molecule has 3 rings (SSSR count). The van der Waals surface area contributed by atoms with Crippen LogP contribution in [0.2, 0.25) is 0 Å². The van der Waals surface area contributed by atoms with Crippen LogP contribution >= 0.6 is 0 Å². The van der Waals surface area contributed by atoms with Gasteiger partial charge in [-0.1, -0.05) is 19.1 Å². The highest BCUT2D eigenvalue weighted by Crippen LogP contribution is 2.47. The van der Waals surface area contributed by atoms with Crippen LogP contribution in [0.25, 0.3) is 0 Å². The smallest absolute Gasteiger partial charge is 0.191 e. The number of hydrogen-bond donors (Lipinski definition) is 2. The molecule has 2 fully saturated rings. The van der Waals surface area contributed by atoms with Gasteiger partial charge in [-0.05, 0) is 50.3 Å². The summed E-state index contributed by atoms with van der Waals surface area (Å²) in [6.45, 7) is 9.76. The molecule has 25 heavy (non-hydrogen) atoms. The van der Waals surface area contributed by atoms with Crippen molar-refractivity contribution in [3.8, 4) is 0 Å². The highest BCUT2D eigenvalue weighted by molar-refractivity contribution is 5.80. The lowest BCUT2D eigenvalue weighted by molar-refractivity contribution is 0.265. The molecule has 1 aromatic carbocycles. The molecule has 2 atom stereocenters. The van der Waals surface area contributed by atoms with Crippen LogP contribution in [0, 0.1) is 11.7 Å². The maximum Gasteiger partial charge on any atom is 0.191 e. The fourth-order valence-electron chi connectivity index (χ4n) is 3.77. The second-order valence-corrected chi connectivity index (χ2v) is 7.99. The fraction of sp³-hybridized carbons (Fsp3) is 0.650. The van der Waals surface area contributed by atoms with Crippen molar-refractivity contribution in [3.63, 3.8) is 0 Å². The predicted octanol–water partition coefficient (Wildman–Crippen LogP) is 2.75. The number of benzene rings is 1. The second-order valence-electron chi connectivity index (χ2n) is 7.99. The van der Waals surface area contributed by atoms with E-state index < -0.39 is 0 Å². The molecular weight excluding hydrogens is 315 g/mol. The first-order chi connectivity index (χ1) is 11.9. The van der Waals surface area contributed by atoms with Crippen molar-refractivity contribution in [2.24, 2.45) is 10.9 Å². The van der Waals surface area contributed by atoms with E-state index in [9.17, 15) is 4.39 Å². The maximum absolute atomic E-state index is 13.5. The van der Waals surface area contributed by atoms with Crippen LogP contribution in [0.15, 0.2) is 29.3 Å². The Labute approximate surface area is 150 Å². The Morgan fingerprint density at radius 2 is 2.12 bits per heavy atom. The summed E-state index contributed by atoms with van der Waals surface area (Å²) in [6.07, 6.45) is 2.20. The third kappa shape index (κ3) is 4.14. The summed E-state index contributed by atoms with van der Waals surface area (Å²) in [5.41, 5.74) is 1.15. The molecule has 0 bridgehead atoms. The average molecular weight is 346 g/mol. The molecule has 0 aromatic heterocycles. The number of likely N-dealkylation sites (tertiary alicyclic amines) is 1. The summed E-state index contributed by atoms with van der Waals surface area (Å²) in [5, 5.41) is 7.07. The van der Waals surface area contributed by atoms with Gasteiger partial charge in [-0.3, -0.25) is 9.89 Å². The third-order valence-electron chi connectivity index (χ3n) is 5.80. The van der Waals surface area contributed by atoms with Crippen LogP contribution < -0.4 is 10.6 Å². The minimum atomic E-state index is -0.153. The molecule has 4 nitrogen and oxygen atoms in total. The predicted molar refractivity (Wildman–Crippen MR) is 101 cm³/mol. The lowest BCUT2D eigenvalue weighted by atomic mass is 9.96. The molecule has 0 amide bonds. The van der Waals surface area contributed by atoms with Crippen molar-refractivity contribution in [1.29, 1.82) is 0 Å². The molecule has 0 spiro atoms. The summed E-state index contributed by atoms with van der Waals surface area (Å²) in [5.74, 6) is 1.30. The minimum absolute atomic E-state index is 0.0605. The van der Waals surface area contributed by atoms with Crippen molar-refractivity contribution in [2.45, 2.75) is 51.1 Å². The molecule has 1 heterocycles. The lowest BCUT2D eigenvalue weighted by Crippen LogP contribution is -2.48. The van der Waals surface area contributed by atoms with Gasteiger partial charge in [0.1, 0.15) is 5.82 Å². The van der Waals surface area contributed by atoms with Gasteiger partial charge in [0.05, 0.1) is 0 Å². The van der Waals surface area contributed by atoms with Crippen LogP contribution in [-0.4, -0.2) is 49.6 Å². The van der Waals surface area contributed by atoms with Gasteiger partial charge in [-0.2, -0.15) is 0 Å². The summed E-state index contributed by atoms with van der Waals surface area (Å²) >= 11 is 0. The summed E-state index contributed by atoms with van der Waals surface area (Å²) in [6, 6.07) is 8.01. The van der Waals surface area contributed by atoms with E-state index in [1.807, 2.05) is 13.1 Å². The van der Waals surface area contributed by atoms with Crippen molar-refractivity contribution in [3.05, 3.63) is 35.6 Å². The monoisotopic (exact) mass is 346 g/mol. The van der Waals surface area contributed by atoms with Gasteiger partial charge >= 0.3 is 0 Å². The topological polar surface area (TPSA) is 39.7 Å². The van der Waals surface area contributed by atoms with Crippen LogP contribution in [0.3, 0.4) is 0 Å². The Hall–Kier alpha value is -1.62. The Bertz CT molecular complexity index is 624. The second kappa shape index (κ2) is 7.32. The third-order valence-corrected chi connectivity index (χ3v) is 5.80. The minimum Gasteiger partial charge on any atom is -0.356 e. The number of nitrogens with zero attached hydrogens (tertiary/aromatic N) is 2. The SMILES string of the molecule is CN=C(NCC1(c2cccc(F)c2)CC1)NC1CN(C(C)C)CC1C. The van der Waals surface area contributed by atoms with E-state index in [2.05, 4.69) is 41.3 Å². The van der Waals surface area contributed by atoms with Crippen LogP contribution in [0.1, 0.15) is 39.2 Å². The average Bonchev–Trinajstić information content (AvgIpc) is 3.29. The largest absolute Gasteiger partial charge is 0.356 e. The molecule has 1 aliphatic carbocycles. The van der Waals surface area contributed by atoms with E-state index >= 15 is 0 Å². The summed E-state index contributed by atoms with van der Waals surface area (Å²) in [4.78, 5) is 6.90. The molecular formula is C20H31FN4. The quantitative estimate of drug-likeness (QED) is 0.636. The van der Waals surface area contributed by atoms with Crippen LogP contribution in [0.4, 0.5) is 4.39 Å². The van der Waals surface area contributed by atoms with E-state index in [0.29, 0.717) is 18.0 Å². The summed E-state index contributed by atoms with van der Waals surface area (Å²) in [7, 11) is 1.82. The standard InChI is InChI=1S/C20H31FN4/c1-14(2)25-11-15(3)18(12-25)24-19(22-4)23-13-20(8-9-20)16-6-5-7-17(21)10-16/h5-7,10,14-15,18H,8-9,11-13H2,1-4H3,(H2,22,23,24). The fourth-order valence-corrected chi connectivity index (χ4v) is 3.77. The molecule has 2 N–H and O–H groups in total. The molecule has 1 aromatic rings. The maximum atomic E-state index is 13.5. The first-order valence-corrected chi connectivity index (χ1v) is 9.41. The van der Waals surface area contributed by atoms with E-state index in [-0.39, 0.29) is 11.2 Å². The van der Waals surface area contributed by atoms with Gasteiger partial charge in [0, 0.05) is 44.2 Å².